The van der Waals surface area contributed by atoms with Crippen molar-refractivity contribution in [1.82, 2.24) is 0 Å². The largest absolute Gasteiger partial charge is 1.00 e. The van der Waals surface area contributed by atoms with Crippen molar-refractivity contribution in [2.45, 2.75) is 65.7 Å². The predicted octanol–water partition coefficient (Wildman–Crippen LogP) is -2.44. The van der Waals surface area contributed by atoms with Gasteiger partial charge in [0, 0.05) is 0 Å². The van der Waals surface area contributed by atoms with Gasteiger partial charge in [-0.15, -0.1) is 0 Å². The van der Waals surface area contributed by atoms with Crippen LogP contribution >= 0.6 is 0 Å². The molecule has 5 heteroatoms. The van der Waals surface area contributed by atoms with E-state index in [-0.39, 0.29) is 40.6 Å². The third-order valence-corrected chi connectivity index (χ3v) is 16.0. The van der Waals surface area contributed by atoms with E-state index in [0.29, 0.717) is 0 Å². The monoisotopic (exact) mass is 602 g/mol. The minimum atomic E-state index is -2.60. The summed E-state index contributed by atoms with van der Waals surface area (Å²) in [4.78, 5) is 0. The maximum atomic E-state index is 2.55. The Labute approximate surface area is 256 Å². The Balaban J connectivity index is 0.00000228. The molecule has 0 spiro atoms. The second kappa shape index (κ2) is 12.4. The molecule has 194 valence electrons. The number of halogens is 3. The quantitative estimate of drug-likeness (QED) is 0.230. The Morgan fingerprint density at radius 3 is 0.973 bits per heavy atom. The molecule has 37 heavy (non-hydrogen) atoms. The van der Waals surface area contributed by atoms with E-state index in [1.165, 1.54) is 65.7 Å². The molecular weight excluding hydrogens is 567 g/mol. The van der Waals surface area contributed by atoms with Crippen molar-refractivity contribution in [3.63, 3.8) is 0 Å². The number of hydrogen-bond acceptors (Lipinski definition) is 0. The molecule has 0 aromatic heterocycles. The first kappa shape index (κ1) is 34.0. The first-order valence-electron chi connectivity index (χ1n) is 12.3. The van der Waals surface area contributed by atoms with Gasteiger partial charge < -0.3 is 37.2 Å². The zero-order valence-corrected chi connectivity index (χ0v) is 28.2. The molecule has 0 bridgehead atoms. The van der Waals surface area contributed by atoms with Gasteiger partial charge in [0.2, 0.25) is 0 Å². The fourth-order valence-corrected chi connectivity index (χ4v) is 15.3. The second-order valence-electron chi connectivity index (χ2n) is 10.8. The minimum Gasteiger partial charge on any atom is -1.00 e. The van der Waals surface area contributed by atoms with Gasteiger partial charge in [-0.3, -0.25) is 0 Å². The van der Waals surface area contributed by atoms with Crippen molar-refractivity contribution in [3.05, 3.63) is 111 Å². The van der Waals surface area contributed by atoms with Crippen molar-refractivity contribution >= 4 is 23.6 Å². The molecule has 0 saturated heterocycles. The Hall–Kier alpha value is -1.06. The van der Waals surface area contributed by atoms with Gasteiger partial charge in [0.05, 0.1) is 0 Å². The van der Waals surface area contributed by atoms with E-state index < -0.39 is 8.07 Å². The van der Waals surface area contributed by atoms with Crippen LogP contribution in [0.25, 0.3) is 0 Å². The molecular formula is C32H37Cl3SiTi. The number of hydrogen-bond donors (Lipinski definition) is 0. The molecule has 0 saturated carbocycles. The molecule has 0 radical (unpaired) electrons. The smallest absolute Gasteiger partial charge is 1.00 e. The van der Waals surface area contributed by atoms with Crippen LogP contribution in [-0.2, 0) is 20.4 Å². The van der Waals surface area contributed by atoms with E-state index in [1.54, 1.807) is 0 Å². The molecule has 0 N–H and O–H groups in total. The van der Waals surface area contributed by atoms with Gasteiger partial charge in [-0.2, -0.15) is 0 Å². The first-order valence-corrected chi connectivity index (χ1v) is 15.1. The summed E-state index contributed by atoms with van der Waals surface area (Å²) in [5.74, 6) is 0. The molecule has 4 rings (SSSR count). The summed E-state index contributed by atoms with van der Waals surface area (Å²) in [5.41, 5.74) is 12.5. The summed E-state index contributed by atoms with van der Waals surface area (Å²) in [6.45, 7) is 20.6. The van der Waals surface area contributed by atoms with Crippen molar-refractivity contribution < 1.29 is 57.7 Å². The normalized spacial score (nSPS) is 17.0. The van der Waals surface area contributed by atoms with E-state index in [9.17, 15) is 0 Å². The summed E-state index contributed by atoms with van der Waals surface area (Å²) in [5, 5.41) is 4.55. The van der Waals surface area contributed by atoms with Crippen LogP contribution in [0.3, 0.4) is 0 Å². The Kier molecular flexibility index (Phi) is 11.4. The summed E-state index contributed by atoms with van der Waals surface area (Å²) in [6, 6.07) is 21.9. The van der Waals surface area contributed by atoms with Crippen LogP contribution in [-0.4, -0.2) is 8.07 Å². The van der Waals surface area contributed by atoms with Crippen molar-refractivity contribution in [1.29, 1.82) is 0 Å². The molecule has 1 unspecified atom stereocenters. The zero-order chi connectivity index (χ0) is 25.0. The van der Waals surface area contributed by atoms with E-state index >= 15 is 0 Å². The average Bonchev–Trinajstić information content (AvgIpc) is 2.90. The molecule has 1 aliphatic carbocycles. The van der Waals surface area contributed by atoms with E-state index in [2.05, 4.69) is 143 Å². The summed E-state index contributed by atoms with van der Waals surface area (Å²) < 4.78 is -0.0578. The van der Waals surface area contributed by atoms with Crippen LogP contribution < -0.4 is 52.8 Å². The summed E-state index contributed by atoms with van der Waals surface area (Å²) >= 11 is 2.55. The molecule has 3 aromatic carbocycles. The fourth-order valence-electron chi connectivity index (χ4n) is 6.43. The van der Waals surface area contributed by atoms with Crippen LogP contribution in [0.15, 0.2) is 77.4 Å². The van der Waals surface area contributed by atoms with Crippen LogP contribution in [0.1, 0.15) is 54.2 Å². The van der Waals surface area contributed by atoms with E-state index in [1.807, 2.05) is 0 Å². The summed E-state index contributed by atoms with van der Waals surface area (Å²) in [6.07, 6.45) is 2.45. The van der Waals surface area contributed by atoms with Gasteiger partial charge in [0.15, 0.2) is 0 Å². The Bertz CT molecular complexity index is 1190. The third-order valence-electron chi connectivity index (χ3n) is 7.71. The van der Waals surface area contributed by atoms with Crippen LogP contribution in [0.4, 0.5) is 0 Å². The van der Waals surface area contributed by atoms with Crippen LogP contribution in [0, 0.1) is 41.5 Å². The van der Waals surface area contributed by atoms with Gasteiger partial charge in [-0.05, 0) is 0 Å². The Morgan fingerprint density at radius 1 is 0.486 bits per heavy atom. The minimum absolute atomic E-state index is 0. The van der Waals surface area contributed by atoms with Crippen molar-refractivity contribution in [2.75, 3.05) is 0 Å². The zero-order valence-electron chi connectivity index (χ0n) is 23.4. The molecule has 3 aromatic rings. The SMILES string of the molecule is CC1=CC(C)=C(C)[C]1([Ti+3])[Si](c1cc(C)cc(C)c1)(c1cc(C)cc(C)c1)c1cc(C)cc(C)c1.[Cl-].[Cl-].[Cl-]. The Morgan fingerprint density at radius 2 is 0.757 bits per heavy atom. The van der Waals surface area contributed by atoms with E-state index in [4.69, 9.17) is 0 Å². The number of aryl methyl sites for hydroxylation is 6. The van der Waals surface area contributed by atoms with Gasteiger partial charge >= 0.3 is 220 Å². The van der Waals surface area contributed by atoms with Gasteiger partial charge in [-0.25, -0.2) is 0 Å². The van der Waals surface area contributed by atoms with Crippen LogP contribution in [0.2, 0.25) is 3.34 Å². The van der Waals surface area contributed by atoms with Gasteiger partial charge in [-0.1, -0.05) is 0 Å². The van der Waals surface area contributed by atoms with Gasteiger partial charge in [0.25, 0.3) is 0 Å². The standard InChI is InChI=1S/C32H37Si.3ClH.Ti/c1-20-10-21(2)14-29(13-20)33(30-15-22(3)11-23(4)16-30,31-17-24(5)12-25(6)18-31)32-27(8)19-26(7)28(32)9;;;;/h10-19H,1-9H3;3*1H;/q;;;;+3/p-3. The molecule has 0 fully saturated rings. The molecule has 0 nitrogen and oxygen atoms in total. The average molecular weight is 604 g/mol. The summed E-state index contributed by atoms with van der Waals surface area (Å²) in [7, 11) is -2.60. The third kappa shape index (κ3) is 5.65. The molecule has 1 atom stereocenters. The van der Waals surface area contributed by atoms with Crippen molar-refractivity contribution in [2.24, 2.45) is 0 Å². The maximum absolute atomic E-state index is 2.60. The molecule has 0 heterocycles. The fraction of sp³-hybridized carbons (Fsp3) is 0.312. The van der Waals surface area contributed by atoms with Crippen LogP contribution in [0.5, 0.6) is 0 Å². The molecule has 1 aliphatic rings. The predicted molar refractivity (Wildman–Crippen MR) is 147 cm³/mol. The van der Waals surface area contributed by atoms with Gasteiger partial charge in [0.1, 0.15) is 0 Å². The van der Waals surface area contributed by atoms with Crippen molar-refractivity contribution in [3.8, 4) is 0 Å². The number of allylic oxidation sites excluding steroid dienone is 4. The number of rotatable bonds is 4. The molecule has 0 aliphatic heterocycles. The molecule has 0 amide bonds. The van der Waals surface area contributed by atoms with E-state index in [0.717, 1.165) is 0 Å². The maximum Gasteiger partial charge on any atom is -1.00 e. The first-order chi connectivity index (χ1) is 15.9. The number of benzene rings is 3. The topological polar surface area (TPSA) is 0 Å². The second-order valence-corrected chi connectivity index (χ2v) is 16.7.